The summed E-state index contributed by atoms with van der Waals surface area (Å²) >= 11 is 0. The van der Waals surface area contributed by atoms with Gasteiger partial charge in [0.05, 0.1) is 0 Å². The quantitative estimate of drug-likeness (QED) is 0.739. The van der Waals surface area contributed by atoms with Crippen molar-refractivity contribution in [2.45, 2.75) is 12.8 Å². The van der Waals surface area contributed by atoms with Gasteiger partial charge in [0.15, 0.2) is 13.2 Å². The molecule has 0 radical (unpaired) electrons. The van der Waals surface area contributed by atoms with Crippen LogP contribution in [-0.4, -0.2) is 37.5 Å². The molecule has 2 aromatic carbocycles. The molecule has 1 fully saturated rings. The molecule has 0 atom stereocenters. The Morgan fingerprint density at radius 3 is 2.57 bits per heavy atom. The molecular formula is C20H19FN2O5. The number of carbonyl (C=O) groups is 3. The molecule has 1 N–H and O–H groups in total. The van der Waals surface area contributed by atoms with E-state index in [0.29, 0.717) is 18.7 Å². The van der Waals surface area contributed by atoms with E-state index >= 15 is 0 Å². The minimum Gasteiger partial charge on any atom is -0.482 e. The molecule has 1 aliphatic heterocycles. The fraction of sp³-hybridized carbons (Fsp3) is 0.250. The number of rotatable bonds is 7. The van der Waals surface area contributed by atoms with Crippen molar-refractivity contribution in [3.8, 4) is 5.75 Å². The third-order valence-corrected chi connectivity index (χ3v) is 4.05. The Morgan fingerprint density at radius 1 is 1.11 bits per heavy atom. The smallest absolute Gasteiger partial charge is 0.344 e. The van der Waals surface area contributed by atoms with Crippen LogP contribution in [0.5, 0.6) is 5.75 Å². The van der Waals surface area contributed by atoms with E-state index in [-0.39, 0.29) is 18.2 Å². The molecule has 2 amide bonds. The molecule has 2 aromatic rings. The van der Waals surface area contributed by atoms with Gasteiger partial charge in [0, 0.05) is 24.3 Å². The van der Waals surface area contributed by atoms with E-state index in [4.69, 9.17) is 9.47 Å². The maximum absolute atomic E-state index is 13.1. The maximum atomic E-state index is 13.1. The number of anilines is 2. The van der Waals surface area contributed by atoms with Gasteiger partial charge in [0.25, 0.3) is 5.91 Å². The van der Waals surface area contributed by atoms with E-state index in [1.807, 2.05) is 0 Å². The van der Waals surface area contributed by atoms with Crippen molar-refractivity contribution in [2.24, 2.45) is 0 Å². The average Bonchev–Trinajstić information content (AvgIpc) is 3.11. The van der Waals surface area contributed by atoms with Crippen molar-refractivity contribution in [3.05, 3.63) is 54.3 Å². The van der Waals surface area contributed by atoms with E-state index in [0.717, 1.165) is 18.2 Å². The van der Waals surface area contributed by atoms with Crippen LogP contribution < -0.4 is 15.0 Å². The third kappa shape index (κ3) is 5.29. The fourth-order valence-corrected chi connectivity index (χ4v) is 2.74. The van der Waals surface area contributed by atoms with Crippen molar-refractivity contribution in [2.75, 3.05) is 30.0 Å². The van der Waals surface area contributed by atoms with E-state index in [1.165, 1.54) is 18.2 Å². The first kappa shape index (κ1) is 19.3. The Morgan fingerprint density at radius 2 is 1.89 bits per heavy atom. The molecule has 0 aliphatic carbocycles. The van der Waals surface area contributed by atoms with Crippen LogP contribution in [0.15, 0.2) is 48.5 Å². The Kier molecular flexibility index (Phi) is 6.21. The zero-order valence-corrected chi connectivity index (χ0v) is 15.0. The summed E-state index contributed by atoms with van der Waals surface area (Å²) in [5.41, 5.74) is 1.06. The summed E-state index contributed by atoms with van der Waals surface area (Å²) in [6.45, 7) is -0.174. The molecule has 0 aromatic heterocycles. The van der Waals surface area contributed by atoms with Crippen LogP contribution in [0.1, 0.15) is 12.8 Å². The van der Waals surface area contributed by atoms with Gasteiger partial charge in [-0.1, -0.05) is 6.07 Å². The number of halogens is 1. The second-order valence-electron chi connectivity index (χ2n) is 6.15. The van der Waals surface area contributed by atoms with Crippen LogP contribution >= 0.6 is 0 Å². The van der Waals surface area contributed by atoms with Gasteiger partial charge >= 0.3 is 5.97 Å². The normalized spacial score (nSPS) is 13.3. The molecule has 146 valence electrons. The first-order chi connectivity index (χ1) is 13.5. The molecule has 7 nitrogen and oxygen atoms in total. The number of hydrogen-bond donors (Lipinski definition) is 1. The van der Waals surface area contributed by atoms with Gasteiger partial charge in [-0.3, -0.25) is 9.59 Å². The minimum atomic E-state index is -0.715. The van der Waals surface area contributed by atoms with Crippen LogP contribution in [0, 0.1) is 5.82 Å². The SMILES string of the molecule is O=C(COC(=O)COc1ccc(N2CCCC2=O)cc1)Nc1cccc(F)c1. The lowest BCUT2D eigenvalue weighted by molar-refractivity contribution is -0.149. The number of carbonyl (C=O) groups excluding carboxylic acids is 3. The highest BCUT2D eigenvalue weighted by atomic mass is 19.1. The van der Waals surface area contributed by atoms with Crippen molar-refractivity contribution < 1.29 is 28.2 Å². The predicted molar refractivity (Wildman–Crippen MR) is 99.5 cm³/mol. The Balaban J connectivity index is 1.40. The lowest BCUT2D eigenvalue weighted by Crippen LogP contribution is -2.24. The van der Waals surface area contributed by atoms with E-state index in [9.17, 15) is 18.8 Å². The summed E-state index contributed by atoms with van der Waals surface area (Å²) in [5.74, 6) is -1.25. The highest BCUT2D eigenvalue weighted by molar-refractivity contribution is 5.95. The largest absolute Gasteiger partial charge is 0.482 e. The second kappa shape index (κ2) is 8.98. The number of hydrogen-bond acceptors (Lipinski definition) is 5. The summed E-state index contributed by atoms with van der Waals surface area (Å²) in [7, 11) is 0. The Hall–Kier alpha value is -3.42. The van der Waals surface area contributed by atoms with Gasteiger partial charge in [-0.2, -0.15) is 0 Å². The highest BCUT2D eigenvalue weighted by Gasteiger charge is 2.21. The van der Waals surface area contributed by atoms with E-state index in [1.54, 1.807) is 29.2 Å². The summed E-state index contributed by atoms with van der Waals surface area (Å²) in [4.78, 5) is 36.8. The van der Waals surface area contributed by atoms with Crippen LogP contribution in [0.3, 0.4) is 0 Å². The zero-order valence-electron chi connectivity index (χ0n) is 15.0. The topological polar surface area (TPSA) is 84.9 Å². The molecule has 0 spiro atoms. The van der Waals surface area contributed by atoms with Gasteiger partial charge in [-0.25, -0.2) is 9.18 Å². The van der Waals surface area contributed by atoms with Crippen LogP contribution in [-0.2, 0) is 19.1 Å². The molecular weight excluding hydrogens is 367 g/mol. The van der Waals surface area contributed by atoms with Gasteiger partial charge in [0.1, 0.15) is 11.6 Å². The molecule has 0 bridgehead atoms. The van der Waals surface area contributed by atoms with Crippen molar-refractivity contribution in [3.63, 3.8) is 0 Å². The van der Waals surface area contributed by atoms with Gasteiger partial charge in [-0.15, -0.1) is 0 Å². The molecule has 1 aliphatic rings. The van der Waals surface area contributed by atoms with Crippen LogP contribution in [0.25, 0.3) is 0 Å². The second-order valence-corrected chi connectivity index (χ2v) is 6.15. The van der Waals surface area contributed by atoms with E-state index < -0.39 is 24.3 Å². The van der Waals surface area contributed by atoms with Crippen molar-refractivity contribution in [1.82, 2.24) is 0 Å². The van der Waals surface area contributed by atoms with E-state index in [2.05, 4.69) is 5.32 Å². The first-order valence-electron chi connectivity index (χ1n) is 8.75. The monoisotopic (exact) mass is 386 g/mol. The summed E-state index contributed by atoms with van der Waals surface area (Å²) in [6, 6.07) is 12.2. The summed E-state index contributed by atoms with van der Waals surface area (Å²) < 4.78 is 23.2. The number of benzene rings is 2. The standard InChI is InChI=1S/C20H19FN2O5/c21-14-3-1-4-15(11-14)22-18(24)12-28-20(26)13-27-17-8-6-16(7-9-17)23-10-2-5-19(23)25/h1,3-4,6-9,11H,2,5,10,12-13H2,(H,22,24). The number of nitrogens with zero attached hydrogens (tertiary/aromatic N) is 1. The summed E-state index contributed by atoms with van der Waals surface area (Å²) in [5, 5.41) is 2.42. The minimum absolute atomic E-state index is 0.0914. The van der Waals surface area contributed by atoms with Gasteiger partial charge < -0.3 is 19.7 Å². The predicted octanol–water partition coefficient (Wildman–Crippen LogP) is 2.51. The number of ether oxygens (including phenoxy) is 2. The average molecular weight is 386 g/mol. The molecule has 0 saturated carbocycles. The molecule has 1 heterocycles. The fourth-order valence-electron chi connectivity index (χ4n) is 2.74. The zero-order chi connectivity index (χ0) is 19.9. The third-order valence-electron chi connectivity index (χ3n) is 4.05. The highest BCUT2D eigenvalue weighted by Crippen LogP contribution is 2.23. The number of amides is 2. The Bertz CT molecular complexity index is 869. The summed E-state index contributed by atoms with van der Waals surface area (Å²) in [6.07, 6.45) is 1.40. The molecule has 0 unspecified atom stereocenters. The van der Waals surface area contributed by atoms with Gasteiger partial charge in [0.2, 0.25) is 5.91 Å². The molecule has 8 heteroatoms. The first-order valence-corrected chi connectivity index (χ1v) is 8.75. The molecule has 1 saturated heterocycles. The Labute approximate surface area is 161 Å². The van der Waals surface area contributed by atoms with Crippen molar-refractivity contribution in [1.29, 1.82) is 0 Å². The van der Waals surface area contributed by atoms with Crippen molar-refractivity contribution >= 4 is 29.2 Å². The lowest BCUT2D eigenvalue weighted by atomic mass is 10.3. The molecule has 28 heavy (non-hydrogen) atoms. The van der Waals surface area contributed by atoms with Crippen LogP contribution in [0.4, 0.5) is 15.8 Å². The lowest BCUT2D eigenvalue weighted by Gasteiger charge is -2.16. The number of esters is 1. The maximum Gasteiger partial charge on any atom is 0.344 e. The van der Waals surface area contributed by atoms with Gasteiger partial charge in [-0.05, 0) is 48.9 Å². The van der Waals surface area contributed by atoms with Crippen LogP contribution in [0.2, 0.25) is 0 Å². The number of nitrogens with one attached hydrogen (secondary N) is 1. The molecule has 3 rings (SSSR count).